The molecule has 3 heterocycles. The van der Waals surface area contributed by atoms with E-state index < -0.39 is 0 Å². The smallest absolute Gasteiger partial charge is 0.245 e. The number of hydrogen-bond donors (Lipinski definition) is 1. The Balaban J connectivity index is 1.74. The zero-order valence-electron chi connectivity index (χ0n) is 10.1. The molecule has 19 heavy (non-hydrogen) atoms. The highest BCUT2D eigenvalue weighted by atomic mass is 32.1. The van der Waals surface area contributed by atoms with Gasteiger partial charge in [0.1, 0.15) is 11.6 Å². The second kappa shape index (κ2) is 4.92. The number of nitrogen functional groups attached to an aromatic ring is 1. The van der Waals surface area contributed by atoms with Crippen molar-refractivity contribution in [3.05, 3.63) is 16.6 Å². The van der Waals surface area contributed by atoms with Gasteiger partial charge in [-0.25, -0.2) is 9.67 Å². The molecule has 1 aliphatic heterocycles. The Labute approximate surface area is 113 Å². The quantitative estimate of drug-likeness (QED) is 0.853. The van der Waals surface area contributed by atoms with Crippen LogP contribution in [0.1, 0.15) is 23.9 Å². The maximum atomic E-state index is 12.3. The summed E-state index contributed by atoms with van der Waals surface area (Å²) in [6.45, 7) is 0.811. The van der Waals surface area contributed by atoms with Gasteiger partial charge >= 0.3 is 0 Å². The van der Waals surface area contributed by atoms with E-state index in [4.69, 9.17) is 5.73 Å². The highest BCUT2D eigenvalue weighted by Crippen LogP contribution is 2.33. The van der Waals surface area contributed by atoms with Gasteiger partial charge in [-0.05, 0) is 23.3 Å². The van der Waals surface area contributed by atoms with Gasteiger partial charge in [-0.1, -0.05) is 5.10 Å². The number of carbonyl (C=O) groups excluding carboxylic acids is 1. The van der Waals surface area contributed by atoms with Crippen LogP contribution in [0.2, 0.25) is 0 Å². The first kappa shape index (κ1) is 12.0. The molecule has 9 heteroatoms. The van der Waals surface area contributed by atoms with Gasteiger partial charge in [0.05, 0.1) is 6.04 Å². The number of nitrogens with two attached hydrogens (primary N) is 1. The molecule has 1 fully saturated rings. The van der Waals surface area contributed by atoms with Crippen LogP contribution in [0.4, 0.5) is 5.95 Å². The average molecular weight is 279 g/mol. The van der Waals surface area contributed by atoms with Gasteiger partial charge in [-0.2, -0.15) is 0 Å². The summed E-state index contributed by atoms with van der Waals surface area (Å²) in [6.07, 6.45) is 3.70. The highest BCUT2D eigenvalue weighted by molar-refractivity contribution is 7.09. The number of tetrazole rings is 1. The number of carbonyl (C=O) groups is 1. The minimum atomic E-state index is -0.0308. The molecule has 2 aromatic rings. The van der Waals surface area contributed by atoms with Gasteiger partial charge in [0.15, 0.2) is 0 Å². The van der Waals surface area contributed by atoms with Crippen LogP contribution in [0.25, 0.3) is 0 Å². The van der Waals surface area contributed by atoms with E-state index in [1.165, 1.54) is 4.68 Å². The van der Waals surface area contributed by atoms with Crippen molar-refractivity contribution < 1.29 is 4.79 Å². The van der Waals surface area contributed by atoms with Gasteiger partial charge in [0.2, 0.25) is 11.9 Å². The van der Waals surface area contributed by atoms with Gasteiger partial charge < -0.3 is 10.6 Å². The number of anilines is 1. The van der Waals surface area contributed by atoms with Crippen molar-refractivity contribution >= 4 is 23.2 Å². The predicted molar refractivity (Wildman–Crippen MR) is 68.0 cm³/mol. The fraction of sp³-hybridized carbons (Fsp3) is 0.500. The number of likely N-dealkylation sites (tertiary alicyclic amines) is 1. The zero-order valence-corrected chi connectivity index (χ0v) is 11.0. The van der Waals surface area contributed by atoms with E-state index in [9.17, 15) is 4.79 Å². The van der Waals surface area contributed by atoms with E-state index in [0.29, 0.717) is 0 Å². The standard InChI is InChI=1S/C10H13N7OS/c11-10-13-14-15-17(10)6-8(18)16-4-1-2-7(16)9-12-3-5-19-9/h3,5,7H,1-2,4,6H2,(H2,11,13,15)/t7-/m1/s1. The maximum Gasteiger partial charge on any atom is 0.245 e. The molecule has 0 unspecified atom stereocenters. The number of nitrogens with zero attached hydrogens (tertiary/aromatic N) is 6. The monoisotopic (exact) mass is 279 g/mol. The first-order chi connectivity index (χ1) is 9.25. The third kappa shape index (κ3) is 2.28. The Kier molecular flexibility index (Phi) is 3.11. The van der Waals surface area contributed by atoms with Crippen LogP contribution in [0, 0.1) is 0 Å². The first-order valence-corrected chi connectivity index (χ1v) is 6.84. The number of amides is 1. The van der Waals surface area contributed by atoms with Crippen LogP contribution < -0.4 is 5.73 Å². The summed E-state index contributed by atoms with van der Waals surface area (Å²) in [5, 5.41) is 13.6. The summed E-state index contributed by atoms with van der Waals surface area (Å²) in [5.74, 6) is 0.120. The minimum Gasteiger partial charge on any atom is -0.367 e. The van der Waals surface area contributed by atoms with Gasteiger partial charge in [0, 0.05) is 18.1 Å². The molecule has 2 N–H and O–H groups in total. The van der Waals surface area contributed by atoms with Crippen LogP contribution in [-0.4, -0.2) is 42.5 Å². The van der Waals surface area contributed by atoms with Crippen molar-refractivity contribution in [1.82, 2.24) is 30.1 Å². The fourth-order valence-electron chi connectivity index (χ4n) is 2.26. The number of aromatic nitrogens is 5. The molecule has 1 aliphatic rings. The summed E-state index contributed by atoms with van der Waals surface area (Å²) in [7, 11) is 0. The molecule has 3 rings (SSSR count). The maximum absolute atomic E-state index is 12.3. The molecule has 0 aliphatic carbocycles. The SMILES string of the molecule is Nc1nnnn1CC(=O)N1CCC[C@@H]1c1nccs1. The van der Waals surface area contributed by atoms with Crippen molar-refractivity contribution in [2.75, 3.05) is 12.3 Å². The third-order valence-corrected chi connectivity index (χ3v) is 4.03. The fourth-order valence-corrected chi connectivity index (χ4v) is 3.05. The molecular weight excluding hydrogens is 266 g/mol. The lowest BCUT2D eigenvalue weighted by atomic mass is 10.2. The lowest BCUT2D eigenvalue weighted by Crippen LogP contribution is -2.34. The molecule has 0 aromatic carbocycles. The van der Waals surface area contributed by atoms with Crippen LogP contribution >= 0.6 is 11.3 Å². The van der Waals surface area contributed by atoms with Crippen LogP contribution in [0.5, 0.6) is 0 Å². The van der Waals surface area contributed by atoms with Crippen LogP contribution in [0.15, 0.2) is 11.6 Å². The Hall–Kier alpha value is -2.03. The van der Waals surface area contributed by atoms with E-state index in [1.807, 2.05) is 10.3 Å². The number of thiazole rings is 1. The molecule has 0 spiro atoms. The van der Waals surface area contributed by atoms with Crippen molar-refractivity contribution in [3.63, 3.8) is 0 Å². The van der Waals surface area contributed by atoms with E-state index in [0.717, 1.165) is 24.4 Å². The van der Waals surface area contributed by atoms with Gasteiger partial charge in [-0.15, -0.1) is 11.3 Å². The summed E-state index contributed by atoms with van der Waals surface area (Å²) >= 11 is 1.58. The van der Waals surface area contributed by atoms with Crippen LogP contribution in [-0.2, 0) is 11.3 Å². The second-order valence-corrected chi connectivity index (χ2v) is 5.24. The van der Waals surface area contributed by atoms with Crippen molar-refractivity contribution in [1.29, 1.82) is 0 Å². The molecule has 1 saturated heterocycles. The molecule has 1 amide bonds. The van der Waals surface area contributed by atoms with Crippen molar-refractivity contribution in [2.24, 2.45) is 0 Å². The lowest BCUT2D eigenvalue weighted by molar-refractivity contribution is -0.133. The Morgan fingerprint density at radius 1 is 1.58 bits per heavy atom. The first-order valence-electron chi connectivity index (χ1n) is 5.96. The third-order valence-electron chi connectivity index (χ3n) is 3.15. The molecule has 2 aromatic heterocycles. The summed E-state index contributed by atoms with van der Waals surface area (Å²) in [6, 6.07) is 0.0743. The Morgan fingerprint density at radius 3 is 3.16 bits per heavy atom. The summed E-state index contributed by atoms with van der Waals surface area (Å²) < 4.78 is 1.31. The molecule has 0 radical (unpaired) electrons. The van der Waals surface area contributed by atoms with E-state index in [1.54, 1.807) is 17.5 Å². The zero-order chi connectivity index (χ0) is 13.2. The topological polar surface area (TPSA) is 103 Å². The van der Waals surface area contributed by atoms with Crippen molar-refractivity contribution in [3.8, 4) is 0 Å². The summed E-state index contributed by atoms with van der Waals surface area (Å²) in [4.78, 5) is 18.4. The van der Waals surface area contributed by atoms with Crippen LogP contribution in [0.3, 0.4) is 0 Å². The molecule has 0 bridgehead atoms. The van der Waals surface area contributed by atoms with E-state index in [2.05, 4.69) is 20.5 Å². The normalized spacial score (nSPS) is 18.9. The van der Waals surface area contributed by atoms with E-state index >= 15 is 0 Å². The minimum absolute atomic E-state index is 0.0308. The molecule has 1 atom stereocenters. The Morgan fingerprint density at radius 2 is 2.47 bits per heavy atom. The highest BCUT2D eigenvalue weighted by Gasteiger charge is 2.31. The average Bonchev–Trinajstić information content (AvgIpc) is 3.09. The number of hydrogen-bond acceptors (Lipinski definition) is 7. The molecule has 100 valence electrons. The van der Waals surface area contributed by atoms with Crippen molar-refractivity contribution in [2.45, 2.75) is 25.4 Å². The van der Waals surface area contributed by atoms with E-state index in [-0.39, 0.29) is 24.4 Å². The molecule has 0 saturated carbocycles. The summed E-state index contributed by atoms with van der Waals surface area (Å²) in [5.41, 5.74) is 5.56. The van der Waals surface area contributed by atoms with Gasteiger partial charge in [-0.3, -0.25) is 4.79 Å². The largest absolute Gasteiger partial charge is 0.367 e. The molecular formula is C10H13N7OS. The van der Waals surface area contributed by atoms with Gasteiger partial charge in [0.25, 0.3) is 0 Å². The number of rotatable bonds is 3. The molecule has 8 nitrogen and oxygen atoms in total. The Bertz CT molecular complexity index is 566. The lowest BCUT2D eigenvalue weighted by Gasteiger charge is -2.22. The second-order valence-electron chi connectivity index (χ2n) is 4.31. The predicted octanol–water partition coefficient (Wildman–Crippen LogP) is 0.0755.